The van der Waals surface area contributed by atoms with Gasteiger partial charge in [0.1, 0.15) is 0 Å². The monoisotopic (exact) mass is 261 g/mol. The van der Waals surface area contributed by atoms with Crippen LogP contribution < -0.4 is 16.0 Å². The van der Waals surface area contributed by atoms with E-state index in [1.165, 1.54) is 0 Å². The number of fused-ring (bicyclic) bond motifs is 4. The average Bonchev–Trinajstić information content (AvgIpc) is 2.45. The van der Waals surface area contributed by atoms with Crippen molar-refractivity contribution in [2.45, 2.75) is 6.42 Å². The number of hydrogen-bond acceptors (Lipinski definition) is 2. The molecular formula is C17H11NO2. The van der Waals surface area contributed by atoms with Crippen molar-refractivity contribution in [3.63, 3.8) is 0 Å². The number of H-pyrrole nitrogens is 1. The van der Waals surface area contributed by atoms with Gasteiger partial charge >= 0.3 is 0 Å². The Hall–Kier alpha value is -2.68. The minimum Gasteiger partial charge on any atom is -0.328 e. The van der Waals surface area contributed by atoms with Gasteiger partial charge in [0.25, 0.3) is 0 Å². The lowest BCUT2D eigenvalue weighted by atomic mass is 9.99. The molecule has 0 radical (unpaired) electrons. The van der Waals surface area contributed by atoms with E-state index in [2.05, 4.69) is 11.1 Å². The average molecular weight is 261 g/mol. The van der Waals surface area contributed by atoms with E-state index in [4.69, 9.17) is 0 Å². The molecule has 1 aliphatic carbocycles. The van der Waals surface area contributed by atoms with E-state index in [0.29, 0.717) is 6.42 Å². The summed E-state index contributed by atoms with van der Waals surface area (Å²) in [5.74, 6) is 0.133. The van der Waals surface area contributed by atoms with E-state index in [9.17, 15) is 9.59 Å². The van der Waals surface area contributed by atoms with Crippen LogP contribution in [-0.2, 0) is 4.79 Å². The van der Waals surface area contributed by atoms with Crippen LogP contribution >= 0.6 is 0 Å². The summed E-state index contributed by atoms with van der Waals surface area (Å²) in [5.41, 5.74) is -0.103. The van der Waals surface area contributed by atoms with E-state index in [-0.39, 0.29) is 11.3 Å². The Morgan fingerprint density at radius 3 is 2.60 bits per heavy atom. The molecule has 0 amide bonds. The maximum absolute atomic E-state index is 11.5. The van der Waals surface area contributed by atoms with E-state index in [0.717, 1.165) is 32.0 Å². The molecule has 4 rings (SSSR count). The fourth-order valence-corrected chi connectivity index (χ4v) is 2.80. The summed E-state index contributed by atoms with van der Waals surface area (Å²) in [5, 5.41) is 6.06. The first-order valence-corrected chi connectivity index (χ1v) is 6.51. The first-order valence-electron chi connectivity index (χ1n) is 6.51. The van der Waals surface area contributed by atoms with Gasteiger partial charge in [0.15, 0.2) is 5.78 Å². The van der Waals surface area contributed by atoms with Crippen LogP contribution in [0.25, 0.3) is 33.7 Å². The molecule has 0 unspecified atom stereocenters. The highest BCUT2D eigenvalue weighted by molar-refractivity contribution is 6.11. The minimum atomic E-state index is -0.103. The molecule has 1 N–H and O–H groups in total. The van der Waals surface area contributed by atoms with Crippen molar-refractivity contribution in [2.24, 2.45) is 0 Å². The van der Waals surface area contributed by atoms with E-state index in [1.807, 2.05) is 24.3 Å². The van der Waals surface area contributed by atoms with Gasteiger partial charge in [0.2, 0.25) is 5.56 Å². The van der Waals surface area contributed by atoms with Gasteiger partial charge in [-0.05, 0) is 50.2 Å². The van der Waals surface area contributed by atoms with Gasteiger partial charge in [0, 0.05) is 18.7 Å². The van der Waals surface area contributed by atoms with Gasteiger partial charge in [-0.2, -0.15) is 0 Å². The normalized spacial score (nSPS) is 13.9. The van der Waals surface area contributed by atoms with E-state index in [1.54, 1.807) is 18.3 Å². The van der Waals surface area contributed by atoms with Crippen molar-refractivity contribution in [2.75, 3.05) is 0 Å². The molecule has 3 nitrogen and oxygen atoms in total. The SMILES string of the molecule is O=C1C=c2cc3ccc4c[nH]c(=O)cc4c3cc2=CC1. The summed E-state index contributed by atoms with van der Waals surface area (Å²) in [6, 6.07) is 9.70. The molecule has 1 aromatic heterocycles. The van der Waals surface area contributed by atoms with Crippen molar-refractivity contribution >= 4 is 39.5 Å². The van der Waals surface area contributed by atoms with Crippen LogP contribution in [0.4, 0.5) is 0 Å². The number of carbonyl (C=O) groups is 1. The molecule has 0 bridgehead atoms. The number of pyridine rings is 1. The number of carbonyl (C=O) groups excluding carboxylic acids is 1. The second-order valence-corrected chi connectivity index (χ2v) is 5.09. The van der Waals surface area contributed by atoms with Crippen LogP contribution in [0.2, 0.25) is 0 Å². The summed E-state index contributed by atoms with van der Waals surface area (Å²) in [6.07, 6.45) is 5.82. The van der Waals surface area contributed by atoms with Gasteiger partial charge in [-0.15, -0.1) is 0 Å². The molecule has 20 heavy (non-hydrogen) atoms. The molecule has 0 spiro atoms. The molecule has 96 valence electrons. The molecule has 0 aliphatic heterocycles. The van der Waals surface area contributed by atoms with Crippen molar-refractivity contribution in [3.05, 3.63) is 57.3 Å². The Kier molecular flexibility index (Phi) is 2.18. The predicted octanol–water partition coefficient (Wildman–Crippen LogP) is 1.22. The van der Waals surface area contributed by atoms with Crippen LogP contribution in [0, 0.1) is 0 Å². The number of aromatic nitrogens is 1. The molecule has 0 saturated heterocycles. The third-order valence-electron chi connectivity index (χ3n) is 3.78. The standard InChI is InChI=1S/C17H11NO2/c19-14-4-3-10-7-15-11(5-13(10)6-14)1-2-12-9-18-17(20)8-16(12)15/h1-3,5-9H,4H2,(H,18,20). The smallest absolute Gasteiger partial charge is 0.248 e. The zero-order valence-corrected chi connectivity index (χ0v) is 10.6. The van der Waals surface area contributed by atoms with Gasteiger partial charge in [-0.25, -0.2) is 0 Å². The predicted molar refractivity (Wildman–Crippen MR) is 79.9 cm³/mol. The number of Topliss-reactive ketones (excluding diaryl/α,β-unsaturated/α-hetero) is 1. The minimum absolute atomic E-state index is 0.103. The Labute approximate surface area is 113 Å². The lowest BCUT2D eigenvalue weighted by molar-refractivity contribution is -0.112. The van der Waals surface area contributed by atoms with Gasteiger partial charge in [0.05, 0.1) is 0 Å². The van der Waals surface area contributed by atoms with Crippen molar-refractivity contribution in [3.8, 4) is 0 Å². The summed E-state index contributed by atoms with van der Waals surface area (Å²) in [4.78, 5) is 25.7. The lowest BCUT2D eigenvalue weighted by Gasteiger charge is -2.06. The first kappa shape index (κ1) is 11.2. The zero-order valence-electron chi connectivity index (χ0n) is 10.6. The number of hydrogen-bond donors (Lipinski definition) is 1. The van der Waals surface area contributed by atoms with E-state index >= 15 is 0 Å². The number of rotatable bonds is 0. The molecule has 0 fully saturated rings. The Morgan fingerprint density at radius 2 is 1.70 bits per heavy atom. The number of nitrogens with one attached hydrogen (secondary N) is 1. The summed E-state index contributed by atoms with van der Waals surface area (Å²) >= 11 is 0. The zero-order chi connectivity index (χ0) is 13.7. The largest absolute Gasteiger partial charge is 0.328 e. The molecule has 1 heterocycles. The molecular weight excluding hydrogens is 250 g/mol. The fourth-order valence-electron chi connectivity index (χ4n) is 2.80. The summed E-state index contributed by atoms with van der Waals surface area (Å²) < 4.78 is 0. The second-order valence-electron chi connectivity index (χ2n) is 5.09. The van der Waals surface area contributed by atoms with Gasteiger partial charge in [-0.1, -0.05) is 18.2 Å². The fraction of sp³-hybridized carbons (Fsp3) is 0.0588. The van der Waals surface area contributed by atoms with E-state index < -0.39 is 0 Å². The molecule has 3 aromatic rings. The molecule has 2 aromatic carbocycles. The highest BCUT2D eigenvalue weighted by Crippen LogP contribution is 2.21. The van der Waals surface area contributed by atoms with Gasteiger partial charge in [-0.3, -0.25) is 9.59 Å². The first-order chi connectivity index (χ1) is 9.70. The Bertz CT molecular complexity index is 1060. The molecule has 1 aliphatic rings. The molecule has 3 heteroatoms. The second kappa shape index (κ2) is 3.90. The van der Waals surface area contributed by atoms with Crippen LogP contribution in [0.15, 0.2) is 41.3 Å². The van der Waals surface area contributed by atoms with Crippen molar-refractivity contribution < 1.29 is 4.79 Å². The maximum atomic E-state index is 11.5. The number of ketones is 1. The van der Waals surface area contributed by atoms with Crippen LogP contribution in [0.3, 0.4) is 0 Å². The lowest BCUT2D eigenvalue weighted by Crippen LogP contribution is -2.28. The van der Waals surface area contributed by atoms with Crippen molar-refractivity contribution in [1.82, 2.24) is 4.98 Å². The third kappa shape index (κ3) is 1.60. The number of benzene rings is 2. The Morgan fingerprint density at radius 1 is 0.900 bits per heavy atom. The summed E-state index contributed by atoms with van der Waals surface area (Å²) in [7, 11) is 0. The number of aromatic amines is 1. The van der Waals surface area contributed by atoms with Crippen LogP contribution in [0.5, 0.6) is 0 Å². The van der Waals surface area contributed by atoms with Crippen LogP contribution in [-0.4, -0.2) is 10.8 Å². The highest BCUT2D eigenvalue weighted by atomic mass is 16.1. The quantitative estimate of drug-likeness (QED) is 0.618. The Balaban J connectivity index is 2.25. The molecule has 0 atom stereocenters. The molecule has 0 saturated carbocycles. The summed E-state index contributed by atoms with van der Waals surface area (Å²) in [6.45, 7) is 0. The van der Waals surface area contributed by atoms with Crippen molar-refractivity contribution in [1.29, 1.82) is 0 Å². The third-order valence-corrected chi connectivity index (χ3v) is 3.78. The maximum Gasteiger partial charge on any atom is 0.248 e. The van der Waals surface area contributed by atoms with Gasteiger partial charge < -0.3 is 4.98 Å². The highest BCUT2D eigenvalue weighted by Gasteiger charge is 2.05. The topological polar surface area (TPSA) is 49.9 Å². The van der Waals surface area contributed by atoms with Crippen LogP contribution in [0.1, 0.15) is 6.42 Å².